The summed E-state index contributed by atoms with van der Waals surface area (Å²) in [5.74, 6) is 0.541. The predicted octanol–water partition coefficient (Wildman–Crippen LogP) is 6.24. The van der Waals surface area contributed by atoms with Gasteiger partial charge in [-0.3, -0.25) is 4.79 Å². The fourth-order valence-electron chi connectivity index (χ4n) is 4.70. The lowest BCUT2D eigenvalue weighted by Gasteiger charge is -2.29. The maximum Gasteiger partial charge on any atom is 0.306 e. The highest BCUT2D eigenvalue weighted by Crippen LogP contribution is 2.32. The largest absolute Gasteiger partial charge is 0.460 e. The third kappa shape index (κ3) is 6.28. The first-order chi connectivity index (χ1) is 17.0. The molecule has 0 bridgehead atoms. The molecule has 0 amide bonds. The van der Waals surface area contributed by atoms with Crippen LogP contribution in [-0.4, -0.2) is 32.6 Å². The first-order valence-electron chi connectivity index (χ1n) is 12.7. The minimum atomic E-state index is -0.461. The summed E-state index contributed by atoms with van der Waals surface area (Å²) in [5.41, 5.74) is 9.12. The number of aromatic nitrogens is 3. The zero-order chi connectivity index (χ0) is 26.0. The number of rotatable bonds is 6. The number of nitrogens with zero attached hydrogens (tertiary/aromatic N) is 3. The first kappa shape index (κ1) is 25.8. The van der Waals surface area contributed by atoms with Gasteiger partial charge in [0.25, 0.3) is 0 Å². The summed E-state index contributed by atoms with van der Waals surface area (Å²) in [6, 6.07) is 6.95. The molecule has 0 aliphatic heterocycles. The van der Waals surface area contributed by atoms with Crippen molar-refractivity contribution >= 4 is 28.6 Å². The van der Waals surface area contributed by atoms with Crippen molar-refractivity contribution in [2.24, 2.45) is 5.92 Å². The molecule has 1 aromatic carbocycles. The summed E-state index contributed by atoms with van der Waals surface area (Å²) in [5, 5.41) is 3.48. The Hall–Kier alpha value is -3.29. The smallest absolute Gasteiger partial charge is 0.306 e. The number of ether oxygens (including phenoxy) is 1. The van der Waals surface area contributed by atoms with Gasteiger partial charge < -0.3 is 15.8 Å². The second-order valence-corrected chi connectivity index (χ2v) is 11.1. The van der Waals surface area contributed by atoms with Crippen LogP contribution in [0.25, 0.3) is 22.3 Å². The number of carbonyl (C=O) groups is 1. The van der Waals surface area contributed by atoms with Gasteiger partial charge in [-0.15, -0.1) is 0 Å². The summed E-state index contributed by atoms with van der Waals surface area (Å²) in [4.78, 5) is 26.2. The number of fused-ring (bicyclic) bond motifs is 1. The molecule has 2 aromatic heterocycles. The average Bonchev–Trinajstić information content (AvgIpc) is 2.80. The fraction of sp³-hybridized carbons (Fsp3) is 0.500. The van der Waals surface area contributed by atoms with Crippen LogP contribution in [-0.2, 0) is 9.53 Å². The van der Waals surface area contributed by atoms with Crippen molar-refractivity contribution in [1.29, 1.82) is 0 Å². The van der Waals surface area contributed by atoms with E-state index < -0.39 is 11.4 Å². The Bertz CT molecular complexity index is 1250. The number of pyridine rings is 1. The molecule has 2 heterocycles. The van der Waals surface area contributed by atoms with E-state index in [1.807, 2.05) is 26.8 Å². The van der Waals surface area contributed by atoms with Crippen molar-refractivity contribution in [3.63, 3.8) is 0 Å². The monoisotopic (exact) mass is 493 g/mol. The van der Waals surface area contributed by atoms with Crippen molar-refractivity contribution in [3.8, 4) is 11.3 Å². The lowest BCUT2D eigenvalue weighted by molar-refractivity contribution is -0.156. The molecule has 1 saturated carbocycles. The van der Waals surface area contributed by atoms with Gasteiger partial charge in [0.15, 0.2) is 0 Å². The van der Waals surface area contributed by atoms with Crippen LogP contribution in [0.4, 0.5) is 16.0 Å². The van der Waals surface area contributed by atoms with Crippen LogP contribution in [0.1, 0.15) is 78.2 Å². The Labute approximate surface area is 212 Å². The molecule has 1 fully saturated rings. The topological polar surface area (TPSA) is 103 Å². The van der Waals surface area contributed by atoms with Crippen LogP contribution in [0, 0.1) is 11.7 Å². The second kappa shape index (κ2) is 10.4. The predicted molar refractivity (Wildman–Crippen MR) is 141 cm³/mol. The van der Waals surface area contributed by atoms with Crippen molar-refractivity contribution in [2.45, 2.75) is 84.3 Å². The highest BCUT2D eigenvalue weighted by molar-refractivity contribution is 5.82. The number of carbonyl (C=O) groups excluding carboxylic acids is 1. The molecule has 36 heavy (non-hydrogen) atoms. The minimum absolute atomic E-state index is 0.113. The SMILES string of the molecule is CC(C)c1cc(-c2ccc(N)c(F)c2)nc2cnc(NC3CCC(CC(=O)OC(C)(C)C)CC3)nc12. The zero-order valence-electron chi connectivity index (χ0n) is 21.8. The van der Waals surface area contributed by atoms with E-state index in [0.717, 1.165) is 36.8 Å². The molecule has 0 radical (unpaired) electrons. The van der Waals surface area contributed by atoms with E-state index in [-0.39, 0.29) is 23.6 Å². The number of nitrogens with one attached hydrogen (secondary N) is 1. The molecule has 1 aliphatic carbocycles. The Kier molecular flexibility index (Phi) is 7.43. The number of esters is 1. The molecule has 0 saturated heterocycles. The maximum atomic E-state index is 14.1. The highest BCUT2D eigenvalue weighted by atomic mass is 19.1. The zero-order valence-corrected chi connectivity index (χ0v) is 21.8. The van der Waals surface area contributed by atoms with E-state index >= 15 is 0 Å². The van der Waals surface area contributed by atoms with Gasteiger partial charge in [0.05, 0.1) is 23.1 Å². The molecule has 0 unspecified atom stereocenters. The average molecular weight is 494 g/mol. The summed E-state index contributed by atoms with van der Waals surface area (Å²) >= 11 is 0. The van der Waals surface area contributed by atoms with E-state index in [1.165, 1.54) is 6.07 Å². The third-order valence-corrected chi connectivity index (χ3v) is 6.55. The van der Waals surface area contributed by atoms with Gasteiger partial charge in [-0.2, -0.15) is 0 Å². The quantitative estimate of drug-likeness (QED) is 0.309. The number of hydrogen-bond donors (Lipinski definition) is 2. The Morgan fingerprint density at radius 3 is 2.53 bits per heavy atom. The van der Waals surface area contributed by atoms with Crippen LogP contribution in [0.2, 0.25) is 0 Å². The van der Waals surface area contributed by atoms with Gasteiger partial charge in [-0.1, -0.05) is 19.9 Å². The normalized spacial score (nSPS) is 18.4. The molecule has 1 aliphatic rings. The molecule has 3 N–H and O–H groups in total. The van der Waals surface area contributed by atoms with Crippen LogP contribution < -0.4 is 11.1 Å². The van der Waals surface area contributed by atoms with Gasteiger partial charge in [0.2, 0.25) is 5.95 Å². The lowest BCUT2D eigenvalue weighted by Crippen LogP contribution is -2.30. The summed E-state index contributed by atoms with van der Waals surface area (Å²) < 4.78 is 19.5. The maximum absolute atomic E-state index is 14.1. The molecule has 192 valence electrons. The fourth-order valence-corrected chi connectivity index (χ4v) is 4.70. The van der Waals surface area contributed by atoms with E-state index in [9.17, 15) is 9.18 Å². The third-order valence-electron chi connectivity index (χ3n) is 6.55. The van der Waals surface area contributed by atoms with Gasteiger partial charge in [-0.25, -0.2) is 19.3 Å². The lowest BCUT2D eigenvalue weighted by atomic mass is 9.84. The Balaban J connectivity index is 1.47. The first-order valence-corrected chi connectivity index (χ1v) is 12.7. The van der Waals surface area contributed by atoms with Crippen molar-refractivity contribution in [3.05, 3.63) is 41.8 Å². The molecule has 0 spiro atoms. The van der Waals surface area contributed by atoms with Crippen LogP contribution in [0.5, 0.6) is 0 Å². The van der Waals surface area contributed by atoms with Gasteiger partial charge in [-0.05, 0) is 82.1 Å². The van der Waals surface area contributed by atoms with E-state index in [2.05, 4.69) is 24.1 Å². The Morgan fingerprint density at radius 2 is 1.89 bits per heavy atom. The van der Waals surface area contributed by atoms with Crippen molar-refractivity contribution in [2.75, 3.05) is 11.1 Å². The molecule has 0 atom stereocenters. The van der Waals surface area contributed by atoms with Crippen molar-refractivity contribution in [1.82, 2.24) is 15.0 Å². The molecular weight excluding hydrogens is 457 g/mol. The summed E-state index contributed by atoms with van der Waals surface area (Å²) in [7, 11) is 0. The summed E-state index contributed by atoms with van der Waals surface area (Å²) in [6.45, 7) is 9.89. The number of hydrogen-bond acceptors (Lipinski definition) is 7. The second-order valence-electron chi connectivity index (χ2n) is 11.1. The molecule has 7 nitrogen and oxygen atoms in total. The number of benzene rings is 1. The number of nitrogens with two attached hydrogens (primary N) is 1. The van der Waals surface area contributed by atoms with Gasteiger partial charge in [0.1, 0.15) is 16.9 Å². The highest BCUT2D eigenvalue weighted by Gasteiger charge is 2.26. The van der Waals surface area contributed by atoms with Gasteiger partial charge >= 0.3 is 5.97 Å². The molecule has 4 rings (SSSR count). The van der Waals surface area contributed by atoms with Crippen molar-refractivity contribution < 1.29 is 13.9 Å². The molecule has 8 heteroatoms. The van der Waals surface area contributed by atoms with Crippen LogP contribution in [0.15, 0.2) is 30.5 Å². The van der Waals surface area contributed by atoms with Crippen LogP contribution >= 0.6 is 0 Å². The molecular formula is C28H36FN5O2. The van der Waals surface area contributed by atoms with Crippen LogP contribution in [0.3, 0.4) is 0 Å². The van der Waals surface area contributed by atoms with Gasteiger partial charge in [0, 0.05) is 18.0 Å². The Morgan fingerprint density at radius 1 is 1.17 bits per heavy atom. The minimum Gasteiger partial charge on any atom is -0.460 e. The molecule has 3 aromatic rings. The number of nitrogen functional groups attached to an aromatic ring is 1. The van der Waals surface area contributed by atoms with E-state index in [0.29, 0.717) is 35.1 Å². The van der Waals surface area contributed by atoms with E-state index in [1.54, 1.807) is 18.3 Å². The standard InChI is InChI=1S/C28H36FN5O2/c1-16(2)20-14-23(18-8-11-22(30)21(29)13-18)33-24-15-31-27(34-26(20)24)32-19-9-6-17(7-10-19)12-25(35)36-28(3,4)5/h8,11,13-17,19H,6-7,9-10,12,30H2,1-5H3,(H,31,32,34). The summed E-state index contributed by atoms with van der Waals surface area (Å²) in [6.07, 6.45) is 6.02. The number of anilines is 2. The number of halogens is 1. The van der Waals surface area contributed by atoms with E-state index in [4.69, 9.17) is 20.4 Å².